The van der Waals surface area contributed by atoms with Crippen molar-refractivity contribution in [3.05, 3.63) is 78.4 Å². The quantitative estimate of drug-likeness (QED) is 0.285. The number of fused-ring (bicyclic) bond motifs is 1. The lowest BCUT2D eigenvalue weighted by Gasteiger charge is -2.33. The topological polar surface area (TPSA) is 104 Å². The van der Waals surface area contributed by atoms with Gasteiger partial charge >= 0.3 is 12.2 Å². The molecular weight excluding hydrogens is 523 g/mol. The highest BCUT2D eigenvalue weighted by molar-refractivity contribution is 5.89. The van der Waals surface area contributed by atoms with Gasteiger partial charge in [0, 0.05) is 37.2 Å². The summed E-state index contributed by atoms with van der Waals surface area (Å²) >= 11 is 0. The van der Waals surface area contributed by atoms with Crippen molar-refractivity contribution in [2.75, 3.05) is 30.4 Å². The number of rotatable bonds is 7. The zero-order chi connectivity index (χ0) is 28.1. The van der Waals surface area contributed by atoms with Gasteiger partial charge in [0.25, 0.3) is 0 Å². The van der Waals surface area contributed by atoms with Crippen LogP contribution in [-0.2, 0) is 12.7 Å². The number of amides is 2. The number of pyridine rings is 1. The molecule has 0 bridgehead atoms. The summed E-state index contributed by atoms with van der Waals surface area (Å²) in [5, 5.41) is 9.43. The smallest absolute Gasteiger partial charge is 0.433 e. The van der Waals surface area contributed by atoms with Gasteiger partial charge in [-0.15, -0.1) is 0 Å². The van der Waals surface area contributed by atoms with E-state index in [-0.39, 0.29) is 6.54 Å². The minimum atomic E-state index is -4.51. The fourth-order valence-electron chi connectivity index (χ4n) is 4.50. The summed E-state index contributed by atoms with van der Waals surface area (Å²) in [5.74, 6) is 0.947. The van der Waals surface area contributed by atoms with Gasteiger partial charge in [0.1, 0.15) is 17.8 Å². The maximum Gasteiger partial charge on any atom is 0.433 e. The fraction of sp³-hybridized carbons (Fsp3) is 0.286. The van der Waals surface area contributed by atoms with Crippen LogP contribution in [0.5, 0.6) is 11.6 Å². The molecule has 1 aliphatic rings. The molecule has 2 aromatic heterocycles. The molecule has 0 spiro atoms. The van der Waals surface area contributed by atoms with Gasteiger partial charge in [-0.3, -0.25) is 4.98 Å². The number of anilines is 2. The van der Waals surface area contributed by atoms with E-state index in [0.29, 0.717) is 28.9 Å². The zero-order valence-electron chi connectivity index (χ0n) is 21.7. The Hall–Kier alpha value is -4.45. The summed E-state index contributed by atoms with van der Waals surface area (Å²) in [5.41, 5.74) is 1.83. The molecule has 208 valence electrons. The Morgan fingerprint density at radius 3 is 2.52 bits per heavy atom. The van der Waals surface area contributed by atoms with Crippen molar-refractivity contribution in [2.45, 2.75) is 31.6 Å². The van der Waals surface area contributed by atoms with Crippen LogP contribution in [0.25, 0.3) is 10.9 Å². The lowest BCUT2D eigenvalue weighted by molar-refractivity contribution is -0.141. The summed E-state index contributed by atoms with van der Waals surface area (Å²) in [6.07, 6.45) is 0.233. The molecule has 5 rings (SSSR count). The number of piperidine rings is 1. The van der Waals surface area contributed by atoms with Crippen LogP contribution < -0.4 is 25.6 Å². The Balaban J connectivity index is 1.18. The summed E-state index contributed by atoms with van der Waals surface area (Å²) in [6.45, 7) is 2.05. The van der Waals surface area contributed by atoms with Crippen LogP contribution in [0.2, 0.25) is 0 Å². The van der Waals surface area contributed by atoms with E-state index in [4.69, 9.17) is 4.74 Å². The number of ether oxygens (including phenoxy) is 1. The van der Waals surface area contributed by atoms with Crippen molar-refractivity contribution in [1.29, 1.82) is 0 Å². The van der Waals surface area contributed by atoms with Crippen molar-refractivity contribution < 1.29 is 22.7 Å². The molecule has 2 amide bonds. The predicted octanol–water partition coefficient (Wildman–Crippen LogP) is 5.35. The average molecular weight is 552 g/mol. The van der Waals surface area contributed by atoms with Gasteiger partial charge in [0.15, 0.2) is 0 Å². The Bertz CT molecular complexity index is 1460. The number of carbonyl (C=O) groups is 1. The van der Waals surface area contributed by atoms with Crippen molar-refractivity contribution >= 4 is 28.3 Å². The number of alkyl halides is 3. The molecule has 4 aromatic rings. The van der Waals surface area contributed by atoms with Gasteiger partial charge in [-0.05, 0) is 80.0 Å². The zero-order valence-corrected chi connectivity index (χ0v) is 21.7. The van der Waals surface area contributed by atoms with E-state index >= 15 is 0 Å². The lowest BCUT2D eigenvalue weighted by atomic mass is 10.0. The minimum Gasteiger partial charge on any atom is -0.438 e. The molecule has 9 nitrogen and oxygen atoms in total. The van der Waals surface area contributed by atoms with Crippen LogP contribution in [0.1, 0.15) is 24.1 Å². The number of nitrogens with zero attached hydrogens (tertiary/aromatic N) is 4. The maximum atomic E-state index is 12.6. The van der Waals surface area contributed by atoms with Crippen LogP contribution in [0, 0.1) is 0 Å². The van der Waals surface area contributed by atoms with Crippen LogP contribution in [-0.4, -0.2) is 47.2 Å². The highest BCUT2D eigenvalue weighted by atomic mass is 19.4. The molecule has 1 aliphatic heterocycles. The van der Waals surface area contributed by atoms with Crippen molar-refractivity contribution in [1.82, 2.24) is 25.6 Å². The van der Waals surface area contributed by atoms with Crippen LogP contribution in [0.4, 0.5) is 29.3 Å². The van der Waals surface area contributed by atoms with Gasteiger partial charge < -0.3 is 25.6 Å². The normalized spacial score (nSPS) is 14.1. The summed E-state index contributed by atoms with van der Waals surface area (Å²) < 4.78 is 43.9. The van der Waals surface area contributed by atoms with Crippen LogP contribution in [0.3, 0.4) is 0 Å². The van der Waals surface area contributed by atoms with E-state index in [2.05, 4.69) is 42.8 Å². The first-order chi connectivity index (χ1) is 19.3. The monoisotopic (exact) mass is 551 g/mol. The van der Waals surface area contributed by atoms with Gasteiger partial charge in [0.05, 0.1) is 10.9 Å². The molecular formula is C28H28F3N7O2. The highest BCUT2D eigenvalue weighted by Gasteiger charge is 2.32. The number of carbonyl (C=O) groups excluding carboxylic acids is 1. The van der Waals surface area contributed by atoms with E-state index < -0.39 is 17.9 Å². The lowest BCUT2D eigenvalue weighted by Crippen LogP contribution is -2.41. The molecule has 1 fully saturated rings. The second-order valence-corrected chi connectivity index (χ2v) is 9.46. The average Bonchev–Trinajstić information content (AvgIpc) is 2.97. The molecule has 12 heteroatoms. The Kier molecular flexibility index (Phi) is 7.96. The fourth-order valence-corrected chi connectivity index (χ4v) is 4.50. The highest BCUT2D eigenvalue weighted by Crippen LogP contribution is 2.31. The number of halogens is 3. The maximum absolute atomic E-state index is 12.6. The SMILES string of the molecule is CN(c1ccc2c(Oc3ccc(NC(=O)NCc4ccc(C(F)(F)F)nc4)cc3)ncnc2c1)C1CCNCC1. The first-order valence-electron chi connectivity index (χ1n) is 12.8. The Labute approximate surface area is 228 Å². The number of hydrogen-bond acceptors (Lipinski definition) is 7. The number of urea groups is 1. The van der Waals surface area contributed by atoms with Crippen LogP contribution in [0.15, 0.2) is 67.1 Å². The molecule has 2 aromatic carbocycles. The van der Waals surface area contributed by atoms with E-state index in [1.54, 1.807) is 24.3 Å². The molecule has 0 radical (unpaired) electrons. The van der Waals surface area contributed by atoms with Gasteiger partial charge in [-0.2, -0.15) is 13.2 Å². The molecule has 3 heterocycles. The van der Waals surface area contributed by atoms with Gasteiger partial charge in [-0.1, -0.05) is 6.07 Å². The predicted molar refractivity (Wildman–Crippen MR) is 145 cm³/mol. The number of nitrogens with one attached hydrogen (secondary N) is 3. The van der Waals surface area contributed by atoms with E-state index in [0.717, 1.165) is 54.8 Å². The van der Waals surface area contributed by atoms with Crippen molar-refractivity contribution in [3.63, 3.8) is 0 Å². The molecule has 40 heavy (non-hydrogen) atoms. The first kappa shape index (κ1) is 27.1. The van der Waals surface area contributed by atoms with Crippen LogP contribution >= 0.6 is 0 Å². The summed E-state index contributed by atoms with van der Waals surface area (Å²) in [6, 6.07) is 14.9. The van der Waals surface area contributed by atoms with E-state index in [1.807, 2.05) is 18.2 Å². The summed E-state index contributed by atoms with van der Waals surface area (Å²) in [7, 11) is 2.11. The number of aromatic nitrogens is 3. The van der Waals surface area contributed by atoms with Crippen molar-refractivity contribution in [3.8, 4) is 11.6 Å². The molecule has 0 atom stereocenters. The molecule has 3 N–H and O–H groups in total. The van der Waals surface area contributed by atoms with Crippen molar-refractivity contribution in [2.24, 2.45) is 0 Å². The molecule has 0 aliphatic carbocycles. The number of benzene rings is 2. The summed E-state index contributed by atoms with van der Waals surface area (Å²) in [4.78, 5) is 26.7. The van der Waals surface area contributed by atoms with E-state index in [1.165, 1.54) is 12.4 Å². The third kappa shape index (κ3) is 6.57. The molecule has 1 saturated heterocycles. The second-order valence-electron chi connectivity index (χ2n) is 9.46. The number of hydrogen-bond donors (Lipinski definition) is 3. The third-order valence-electron chi connectivity index (χ3n) is 6.74. The molecule has 0 saturated carbocycles. The largest absolute Gasteiger partial charge is 0.438 e. The standard InChI is InChI=1S/C28H28F3N7O2/c1-38(20-10-12-32-13-11-20)21-5-8-23-24(14-21)35-17-36-26(23)40-22-6-3-19(4-7-22)37-27(39)34-16-18-2-9-25(33-15-18)28(29,30)31/h2-9,14-15,17,20,32H,10-13,16H2,1H3,(H2,34,37,39). The van der Waals surface area contributed by atoms with Gasteiger partial charge in [-0.25, -0.2) is 14.8 Å². The van der Waals surface area contributed by atoms with Gasteiger partial charge in [0.2, 0.25) is 5.88 Å². The third-order valence-corrected chi connectivity index (χ3v) is 6.74. The Morgan fingerprint density at radius 2 is 1.82 bits per heavy atom. The first-order valence-corrected chi connectivity index (χ1v) is 12.8. The minimum absolute atomic E-state index is 0.0221. The van der Waals surface area contributed by atoms with E-state index in [9.17, 15) is 18.0 Å². The Morgan fingerprint density at radius 1 is 1.05 bits per heavy atom. The second kappa shape index (κ2) is 11.7. The molecule has 0 unspecified atom stereocenters.